The summed E-state index contributed by atoms with van der Waals surface area (Å²) in [4.78, 5) is 17.9. The first-order valence-electron chi connectivity index (χ1n) is 5.82. The molecule has 17 heavy (non-hydrogen) atoms. The number of aromatic nitrogens is 1. The molecule has 1 atom stereocenters. The van der Waals surface area contributed by atoms with Crippen LogP contribution >= 0.6 is 11.3 Å². The van der Waals surface area contributed by atoms with Crippen molar-refractivity contribution in [3.8, 4) is 0 Å². The van der Waals surface area contributed by atoms with E-state index in [1.165, 1.54) is 11.3 Å². The van der Waals surface area contributed by atoms with Crippen molar-refractivity contribution in [3.63, 3.8) is 0 Å². The number of hydrogen-bond acceptors (Lipinski definition) is 5. The Hall–Kier alpha value is -1.14. The van der Waals surface area contributed by atoms with Crippen LogP contribution in [0.4, 0.5) is 5.13 Å². The van der Waals surface area contributed by atoms with Gasteiger partial charge < -0.3 is 15.4 Å². The molecule has 2 N–H and O–H groups in total. The van der Waals surface area contributed by atoms with Crippen molar-refractivity contribution in [3.05, 3.63) is 11.1 Å². The van der Waals surface area contributed by atoms with E-state index < -0.39 is 0 Å². The molecular weight excluding hydrogens is 238 g/mol. The molecule has 94 valence electrons. The number of ether oxygens (including phenoxy) is 1. The highest BCUT2D eigenvalue weighted by Crippen LogP contribution is 2.18. The average Bonchev–Trinajstić information content (AvgIpc) is 2.76. The fraction of sp³-hybridized carbons (Fsp3) is 0.636. The lowest BCUT2D eigenvalue weighted by atomic mass is 10.1. The molecule has 1 aliphatic rings. The average molecular weight is 255 g/mol. The minimum absolute atomic E-state index is 0.0395. The maximum absolute atomic E-state index is 12.1. The summed E-state index contributed by atoms with van der Waals surface area (Å²) in [5.74, 6) is -0.0395. The second-order valence-electron chi connectivity index (χ2n) is 4.04. The second-order valence-corrected chi connectivity index (χ2v) is 4.93. The van der Waals surface area contributed by atoms with Gasteiger partial charge in [0.2, 0.25) is 0 Å². The lowest BCUT2D eigenvalue weighted by molar-refractivity contribution is 0.00707. The summed E-state index contributed by atoms with van der Waals surface area (Å²) in [6, 6.07) is 0. The summed E-state index contributed by atoms with van der Waals surface area (Å²) in [5.41, 5.74) is 5.98. The number of piperidine rings is 1. The van der Waals surface area contributed by atoms with E-state index >= 15 is 0 Å². The third-order valence-corrected chi connectivity index (χ3v) is 3.48. The quantitative estimate of drug-likeness (QED) is 0.885. The zero-order valence-corrected chi connectivity index (χ0v) is 10.7. The summed E-state index contributed by atoms with van der Waals surface area (Å²) in [5, 5.41) is 2.15. The van der Waals surface area contributed by atoms with Crippen LogP contribution in [-0.4, -0.2) is 41.6 Å². The molecule has 1 aromatic heterocycles. The molecule has 0 bridgehead atoms. The number of likely N-dealkylation sites (tertiary alicyclic amines) is 1. The standard InChI is InChI=1S/C11H17N3O2S/c1-2-16-8-4-3-5-14(6-8)10(15)9-7-17-11(12)13-9/h7-8H,2-6H2,1H3,(H2,12,13). The predicted molar refractivity (Wildman–Crippen MR) is 67.1 cm³/mol. The van der Waals surface area contributed by atoms with Gasteiger partial charge in [-0.25, -0.2) is 4.98 Å². The zero-order valence-electron chi connectivity index (χ0n) is 9.89. The van der Waals surface area contributed by atoms with Crippen LogP contribution < -0.4 is 5.73 Å². The highest BCUT2D eigenvalue weighted by Gasteiger charge is 2.25. The molecule has 1 fully saturated rings. The third-order valence-electron chi connectivity index (χ3n) is 2.81. The number of amides is 1. The number of rotatable bonds is 3. The number of thiazole rings is 1. The van der Waals surface area contributed by atoms with Crippen molar-refractivity contribution < 1.29 is 9.53 Å². The molecule has 0 saturated carbocycles. The van der Waals surface area contributed by atoms with Crippen LogP contribution in [0.5, 0.6) is 0 Å². The SMILES string of the molecule is CCOC1CCCN(C(=O)c2csc(N)n2)C1. The number of anilines is 1. The Morgan fingerprint density at radius 3 is 3.24 bits per heavy atom. The van der Waals surface area contributed by atoms with E-state index in [0.29, 0.717) is 24.0 Å². The Kier molecular flexibility index (Phi) is 3.96. The van der Waals surface area contributed by atoms with E-state index in [4.69, 9.17) is 10.5 Å². The molecule has 6 heteroatoms. The Balaban J connectivity index is 1.99. The first-order valence-corrected chi connectivity index (χ1v) is 6.70. The molecule has 1 amide bonds. The molecule has 1 saturated heterocycles. The van der Waals surface area contributed by atoms with Crippen LogP contribution in [0.3, 0.4) is 0 Å². The van der Waals surface area contributed by atoms with Crippen molar-refractivity contribution in [1.82, 2.24) is 9.88 Å². The first kappa shape index (κ1) is 12.3. The number of carbonyl (C=O) groups excluding carboxylic acids is 1. The zero-order chi connectivity index (χ0) is 12.3. The van der Waals surface area contributed by atoms with Gasteiger partial charge in [0.15, 0.2) is 5.13 Å². The highest BCUT2D eigenvalue weighted by atomic mass is 32.1. The molecule has 0 aromatic carbocycles. The number of nitrogen functional groups attached to an aromatic ring is 1. The minimum Gasteiger partial charge on any atom is -0.377 e. The van der Waals surface area contributed by atoms with Gasteiger partial charge in [0.05, 0.1) is 6.10 Å². The number of carbonyl (C=O) groups is 1. The molecule has 0 spiro atoms. The van der Waals surface area contributed by atoms with Crippen molar-refractivity contribution in [1.29, 1.82) is 0 Å². The Labute approximate surface area is 105 Å². The van der Waals surface area contributed by atoms with Crippen molar-refractivity contribution in [2.45, 2.75) is 25.9 Å². The van der Waals surface area contributed by atoms with Gasteiger partial charge in [0.25, 0.3) is 5.91 Å². The van der Waals surface area contributed by atoms with E-state index in [1.54, 1.807) is 10.3 Å². The van der Waals surface area contributed by atoms with Gasteiger partial charge in [0, 0.05) is 25.1 Å². The van der Waals surface area contributed by atoms with Crippen LogP contribution in [0.15, 0.2) is 5.38 Å². The fourth-order valence-electron chi connectivity index (χ4n) is 2.04. The molecule has 5 nitrogen and oxygen atoms in total. The molecular formula is C11H17N3O2S. The first-order chi connectivity index (χ1) is 8.20. The van der Waals surface area contributed by atoms with E-state index in [0.717, 1.165) is 19.4 Å². The Morgan fingerprint density at radius 1 is 1.76 bits per heavy atom. The largest absolute Gasteiger partial charge is 0.377 e. The molecule has 2 rings (SSSR count). The summed E-state index contributed by atoms with van der Waals surface area (Å²) >= 11 is 1.30. The Bertz CT molecular complexity index is 392. The fourth-order valence-corrected chi connectivity index (χ4v) is 2.58. The lowest BCUT2D eigenvalue weighted by Crippen LogP contribution is -2.43. The minimum atomic E-state index is -0.0395. The number of nitrogens with zero attached hydrogens (tertiary/aromatic N) is 2. The molecule has 1 aliphatic heterocycles. The van der Waals surface area contributed by atoms with Crippen LogP contribution in [0.25, 0.3) is 0 Å². The van der Waals surface area contributed by atoms with Crippen molar-refractivity contribution in [2.75, 3.05) is 25.4 Å². The number of hydrogen-bond donors (Lipinski definition) is 1. The van der Waals surface area contributed by atoms with Gasteiger partial charge in [-0.2, -0.15) is 0 Å². The van der Waals surface area contributed by atoms with Gasteiger partial charge in [0.1, 0.15) is 5.69 Å². The molecule has 1 unspecified atom stereocenters. The summed E-state index contributed by atoms with van der Waals surface area (Å²) in [7, 11) is 0. The van der Waals surface area contributed by atoms with Gasteiger partial charge in [-0.05, 0) is 19.8 Å². The Morgan fingerprint density at radius 2 is 2.59 bits per heavy atom. The molecule has 0 aliphatic carbocycles. The molecule has 1 aromatic rings. The summed E-state index contributed by atoms with van der Waals surface area (Å²) in [6.07, 6.45) is 2.17. The molecule has 2 heterocycles. The summed E-state index contributed by atoms with van der Waals surface area (Å²) in [6.45, 7) is 4.10. The smallest absolute Gasteiger partial charge is 0.273 e. The van der Waals surface area contributed by atoms with Gasteiger partial charge in [-0.1, -0.05) is 0 Å². The topological polar surface area (TPSA) is 68.5 Å². The van der Waals surface area contributed by atoms with Crippen LogP contribution in [0, 0.1) is 0 Å². The van der Waals surface area contributed by atoms with Crippen LogP contribution in [-0.2, 0) is 4.74 Å². The van der Waals surface area contributed by atoms with Gasteiger partial charge in [-0.15, -0.1) is 11.3 Å². The molecule has 0 radical (unpaired) electrons. The monoisotopic (exact) mass is 255 g/mol. The maximum atomic E-state index is 12.1. The maximum Gasteiger partial charge on any atom is 0.273 e. The summed E-state index contributed by atoms with van der Waals surface area (Å²) < 4.78 is 5.57. The number of nitrogens with two attached hydrogens (primary N) is 1. The highest BCUT2D eigenvalue weighted by molar-refractivity contribution is 7.13. The van der Waals surface area contributed by atoms with Gasteiger partial charge >= 0.3 is 0 Å². The van der Waals surface area contributed by atoms with Crippen LogP contribution in [0.2, 0.25) is 0 Å². The second kappa shape index (κ2) is 5.46. The van der Waals surface area contributed by atoms with E-state index in [2.05, 4.69) is 4.98 Å². The predicted octanol–water partition coefficient (Wildman–Crippen LogP) is 1.37. The van der Waals surface area contributed by atoms with Crippen LogP contribution in [0.1, 0.15) is 30.3 Å². The lowest BCUT2D eigenvalue weighted by Gasteiger charge is -2.32. The van der Waals surface area contributed by atoms with E-state index in [1.807, 2.05) is 6.92 Å². The van der Waals surface area contributed by atoms with E-state index in [-0.39, 0.29) is 12.0 Å². The van der Waals surface area contributed by atoms with E-state index in [9.17, 15) is 4.79 Å². The van der Waals surface area contributed by atoms with Gasteiger partial charge in [-0.3, -0.25) is 4.79 Å². The van der Waals surface area contributed by atoms with Crippen molar-refractivity contribution >= 4 is 22.4 Å². The van der Waals surface area contributed by atoms with Crippen molar-refractivity contribution in [2.24, 2.45) is 0 Å². The third kappa shape index (κ3) is 2.95. The normalized spacial score (nSPS) is 20.5.